The van der Waals surface area contributed by atoms with Gasteiger partial charge in [-0.15, -0.1) is 0 Å². The molecular weight excluding hydrogens is 300 g/mol. The number of benzene rings is 1. The summed E-state index contributed by atoms with van der Waals surface area (Å²) in [4.78, 5) is -0.0779. The molecule has 1 aromatic carbocycles. The standard InChI is InChI=1S/C13H20O7S/c1-8-3-5-10(6-4-8)21(18,19)20-7-11(15)13(17)12(16)9(2)14/h3-6,9,11-17H,7H2,1-2H3. The molecule has 0 aromatic heterocycles. The molecule has 0 saturated carbocycles. The maximum Gasteiger partial charge on any atom is 0.297 e. The molecule has 0 aliphatic rings. The monoisotopic (exact) mass is 320 g/mol. The van der Waals surface area contributed by atoms with Crippen LogP contribution in [0.4, 0.5) is 0 Å². The van der Waals surface area contributed by atoms with E-state index in [1.807, 2.05) is 0 Å². The molecule has 0 bridgehead atoms. The molecule has 0 spiro atoms. The maximum atomic E-state index is 11.8. The topological polar surface area (TPSA) is 124 Å². The van der Waals surface area contributed by atoms with Gasteiger partial charge in [-0.25, -0.2) is 0 Å². The fraction of sp³-hybridized carbons (Fsp3) is 0.538. The highest BCUT2D eigenvalue weighted by Crippen LogP contribution is 2.14. The van der Waals surface area contributed by atoms with E-state index in [-0.39, 0.29) is 4.90 Å². The van der Waals surface area contributed by atoms with Gasteiger partial charge < -0.3 is 20.4 Å². The molecule has 120 valence electrons. The molecule has 0 saturated heterocycles. The summed E-state index contributed by atoms with van der Waals surface area (Å²) in [5.74, 6) is 0. The van der Waals surface area contributed by atoms with E-state index in [9.17, 15) is 23.7 Å². The van der Waals surface area contributed by atoms with Crippen LogP contribution in [0.1, 0.15) is 12.5 Å². The van der Waals surface area contributed by atoms with Crippen LogP contribution in [0.5, 0.6) is 0 Å². The van der Waals surface area contributed by atoms with Gasteiger partial charge in [0, 0.05) is 0 Å². The van der Waals surface area contributed by atoms with Crippen molar-refractivity contribution in [1.29, 1.82) is 0 Å². The van der Waals surface area contributed by atoms with Crippen molar-refractivity contribution >= 4 is 10.1 Å². The zero-order valence-corrected chi connectivity index (χ0v) is 12.6. The lowest BCUT2D eigenvalue weighted by Gasteiger charge is -2.24. The third-order valence-electron chi connectivity index (χ3n) is 2.94. The van der Waals surface area contributed by atoms with Crippen LogP contribution in [0.3, 0.4) is 0 Å². The summed E-state index contributed by atoms with van der Waals surface area (Å²) in [7, 11) is -4.07. The molecule has 7 nitrogen and oxygen atoms in total. The van der Waals surface area contributed by atoms with E-state index >= 15 is 0 Å². The Labute approximate surface area is 123 Å². The van der Waals surface area contributed by atoms with Crippen molar-refractivity contribution in [3.8, 4) is 0 Å². The highest BCUT2D eigenvalue weighted by atomic mass is 32.2. The number of aryl methyl sites for hydroxylation is 1. The van der Waals surface area contributed by atoms with Crippen LogP contribution in [0, 0.1) is 6.92 Å². The van der Waals surface area contributed by atoms with E-state index in [1.165, 1.54) is 19.1 Å². The van der Waals surface area contributed by atoms with Crippen molar-refractivity contribution in [3.05, 3.63) is 29.8 Å². The minimum Gasteiger partial charge on any atom is -0.391 e. The summed E-state index contributed by atoms with van der Waals surface area (Å²) in [6, 6.07) is 5.91. The van der Waals surface area contributed by atoms with Crippen molar-refractivity contribution in [2.75, 3.05) is 6.61 Å². The Morgan fingerprint density at radius 3 is 2.05 bits per heavy atom. The predicted octanol–water partition coefficient (Wildman–Crippen LogP) is -0.836. The average molecular weight is 320 g/mol. The molecule has 0 aliphatic carbocycles. The van der Waals surface area contributed by atoms with E-state index in [4.69, 9.17) is 5.11 Å². The van der Waals surface area contributed by atoms with Gasteiger partial charge in [0.2, 0.25) is 0 Å². The third-order valence-corrected chi connectivity index (χ3v) is 4.24. The fourth-order valence-corrected chi connectivity index (χ4v) is 2.47. The number of rotatable bonds is 7. The Morgan fingerprint density at radius 1 is 1.05 bits per heavy atom. The average Bonchev–Trinajstić information content (AvgIpc) is 2.43. The minimum absolute atomic E-state index is 0.0779. The van der Waals surface area contributed by atoms with Gasteiger partial charge in [-0.2, -0.15) is 8.42 Å². The van der Waals surface area contributed by atoms with Crippen LogP contribution in [0.15, 0.2) is 29.2 Å². The first-order valence-electron chi connectivity index (χ1n) is 6.33. The van der Waals surface area contributed by atoms with Crippen molar-refractivity contribution in [1.82, 2.24) is 0 Å². The van der Waals surface area contributed by atoms with Gasteiger partial charge in [0.05, 0.1) is 17.6 Å². The van der Waals surface area contributed by atoms with Crippen LogP contribution in [0.2, 0.25) is 0 Å². The molecule has 4 unspecified atom stereocenters. The molecule has 4 atom stereocenters. The van der Waals surface area contributed by atoms with E-state index in [0.29, 0.717) is 0 Å². The maximum absolute atomic E-state index is 11.8. The van der Waals surface area contributed by atoms with Gasteiger partial charge >= 0.3 is 0 Å². The Bertz CT molecular complexity index is 538. The highest BCUT2D eigenvalue weighted by Gasteiger charge is 2.29. The van der Waals surface area contributed by atoms with Crippen molar-refractivity contribution < 1.29 is 33.0 Å². The SMILES string of the molecule is Cc1ccc(S(=O)(=O)OCC(O)C(O)C(O)C(C)O)cc1. The Balaban J connectivity index is 2.67. The Morgan fingerprint density at radius 2 is 1.57 bits per heavy atom. The van der Waals surface area contributed by atoms with Crippen molar-refractivity contribution in [3.63, 3.8) is 0 Å². The first kappa shape index (κ1) is 18.0. The number of aliphatic hydroxyl groups excluding tert-OH is 4. The summed E-state index contributed by atoms with van der Waals surface area (Å²) in [5, 5.41) is 37.6. The molecule has 8 heteroatoms. The van der Waals surface area contributed by atoms with Gasteiger partial charge in [-0.05, 0) is 26.0 Å². The summed E-state index contributed by atoms with van der Waals surface area (Å²) in [6.07, 6.45) is -6.26. The zero-order valence-electron chi connectivity index (χ0n) is 11.7. The van der Waals surface area contributed by atoms with Crippen LogP contribution < -0.4 is 0 Å². The van der Waals surface area contributed by atoms with Gasteiger partial charge in [-0.1, -0.05) is 17.7 Å². The summed E-state index contributed by atoms with van der Waals surface area (Å²) in [6.45, 7) is 2.29. The van der Waals surface area contributed by atoms with Crippen LogP contribution >= 0.6 is 0 Å². The molecule has 21 heavy (non-hydrogen) atoms. The highest BCUT2D eigenvalue weighted by molar-refractivity contribution is 7.86. The van der Waals surface area contributed by atoms with Crippen molar-refractivity contribution in [2.45, 2.75) is 43.2 Å². The first-order valence-corrected chi connectivity index (χ1v) is 7.74. The third kappa shape index (κ3) is 5.03. The molecule has 0 heterocycles. The minimum atomic E-state index is -4.07. The second kappa shape index (κ2) is 7.30. The lowest BCUT2D eigenvalue weighted by atomic mass is 10.1. The summed E-state index contributed by atoms with van der Waals surface area (Å²) in [5.41, 5.74) is 0.879. The largest absolute Gasteiger partial charge is 0.391 e. The van der Waals surface area contributed by atoms with Crippen molar-refractivity contribution in [2.24, 2.45) is 0 Å². The van der Waals surface area contributed by atoms with E-state index in [2.05, 4.69) is 4.18 Å². The molecule has 0 aliphatic heterocycles. The number of aliphatic hydroxyl groups is 4. The summed E-state index contributed by atoms with van der Waals surface area (Å²) >= 11 is 0. The zero-order chi connectivity index (χ0) is 16.2. The van der Waals surface area contributed by atoms with Crippen LogP contribution in [-0.2, 0) is 14.3 Å². The van der Waals surface area contributed by atoms with Gasteiger partial charge in [0.15, 0.2) is 0 Å². The lowest BCUT2D eigenvalue weighted by Crippen LogP contribution is -2.45. The molecular formula is C13H20O7S. The Hall–Kier alpha value is -1.03. The molecule has 0 radical (unpaired) electrons. The first-order chi connectivity index (χ1) is 9.65. The lowest BCUT2D eigenvalue weighted by molar-refractivity contribution is -0.108. The molecule has 4 N–H and O–H groups in total. The second-order valence-corrected chi connectivity index (χ2v) is 6.46. The molecule has 1 rings (SSSR count). The Kier molecular flexibility index (Phi) is 6.26. The molecule has 1 aromatic rings. The molecule has 0 fully saturated rings. The smallest absolute Gasteiger partial charge is 0.297 e. The van der Waals surface area contributed by atoms with E-state index in [0.717, 1.165) is 5.56 Å². The van der Waals surface area contributed by atoms with Gasteiger partial charge in [0.25, 0.3) is 10.1 Å². The normalized spacial score (nSPS) is 18.0. The second-order valence-electron chi connectivity index (χ2n) is 4.84. The van der Waals surface area contributed by atoms with Crippen LogP contribution in [-0.4, -0.2) is 59.9 Å². The van der Waals surface area contributed by atoms with Gasteiger partial charge in [0.1, 0.15) is 18.3 Å². The van der Waals surface area contributed by atoms with E-state index in [1.54, 1.807) is 19.1 Å². The predicted molar refractivity (Wildman–Crippen MR) is 74.0 cm³/mol. The number of hydrogen-bond donors (Lipinski definition) is 4. The number of hydrogen-bond acceptors (Lipinski definition) is 7. The summed E-state index contributed by atoms with van der Waals surface area (Å²) < 4.78 is 28.3. The van der Waals surface area contributed by atoms with E-state index < -0.39 is 41.1 Å². The van der Waals surface area contributed by atoms with Crippen LogP contribution in [0.25, 0.3) is 0 Å². The molecule has 0 amide bonds. The quantitative estimate of drug-likeness (QED) is 0.483. The fourth-order valence-electron chi connectivity index (χ4n) is 1.54. The van der Waals surface area contributed by atoms with Gasteiger partial charge in [-0.3, -0.25) is 4.18 Å².